The minimum atomic E-state index is -0.0407. The predicted molar refractivity (Wildman–Crippen MR) is 105 cm³/mol. The van der Waals surface area contributed by atoms with E-state index in [0.717, 1.165) is 36.2 Å². The molecule has 4 nitrogen and oxygen atoms in total. The molecular weight excluding hydrogens is 324 g/mol. The van der Waals surface area contributed by atoms with Gasteiger partial charge in [0.1, 0.15) is 0 Å². The monoisotopic (exact) mass is 350 g/mol. The van der Waals surface area contributed by atoms with Crippen LogP contribution in [0.1, 0.15) is 43.7 Å². The third kappa shape index (κ3) is 5.45. The number of anilines is 2. The first kappa shape index (κ1) is 18.2. The van der Waals surface area contributed by atoms with Crippen LogP contribution in [0.25, 0.3) is 0 Å². The van der Waals surface area contributed by atoms with Gasteiger partial charge in [0, 0.05) is 17.3 Å². The average molecular weight is 350 g/mol. The second-order valence-electron chi connectivity index (χ2n) is 6.99. The molecule has 1 aliphatic carbocycles. The fourth-order valence-corrected chi connectivity index (χ4v) is 2.82. The second kappa shape index (κ2) is 8.65. The van der Waals surface area contributed by atoms with E-state index in [1.54, 1.807) is 0 Å². The van der Waals surface area contributed by atoms with Crippen LogP contribution in [0.4, 0.5) is 11.4 Å². The van der Waals surface area contributed by atoms with Crippen molar-refractivity contribution >= 4 is 23.2 Å². The van der Waals surface area contributed by atoms with Crippen molar-refractivity contribution in [3.8, 4) is 0 Å². The van der Waals surface area contributed by atoms with Crippen LogP contribution in [0.2, 0.25) is 0 Å². The van der Waals surface area contributed by atoms with Gasteiger partial charge in [-0.2, -0.15) is 0 Å². The molecule has 2 amide bonds. The Kier molecular flexibility index (Phi) is 6.05. The van der Waals surface area contributed by atoms with Crippen LogP contribution < -0.4 is 10.6 Å². The lowest BCUT2D eigenvalue weighted by Crippen LogP contribution is -2.15. The normalized spacial score (nSPS) is 13.3. The molecule has 0 unspecified atom stereocenters. The SMILES string of the molecule is CCCCc1ccc(CC(=O)Nc2ccc(NC(=O)C3CC3)cc2)cc1. The van der Waals surface area contributed by atoms with E-state index in [1.807, 2.05) is 36.4 Å². The zero-order valence-electron chi connectivity index (χ0n) is 15.3. The lowest BCUT2D eigenvalue weighted by atomic mass is 10.0. The third-order valence-electron chi connectivity index (χ3n) is 4.59. The number of hydrogen-bond donors (Lipinski definition) is 2. The maximum atomic E-state index is 12.2. The van der Waals surface area contributed by atoms with Crippen molar-refractivity contribution in [2.75, 3.05) is 10.6 Å². The van der Waals surface area contributed by atoms with Crippen molar-refractivity contribution < 1.29 is 9.59 Å². The molecule has 0 spiro atoms. The minimum absolute atomic E-state index is 0.0407. The molecule has 2 aromatic carbocycles. The van der Waals surface area contributed by atoms with Gasteiger partial charge in [-0.3, -0.25) is 9.59 Å². The second-order valence-corrected chi connectivity index (χ2v) is 6.99. The van der Waals surface area contributed by atoms with Crippen molar-refractivity contribution in [1.29, 1.82) is 0 Å². The van der Waals surface area contributed by atoms with E-state index in [-0.39, 0.29) is 17.7 Å². The molecule has 4 heteroatoms. The zero-order chi connectivity index (χ0) is 18.4. The van der Waals surface area contributed by atoms with Crippen LogP contribution in [0.15, 0.2) is 48.5 Å². The summed E-state index contributed by atoms with van der Waals surface area (Å²) in [4.78, 5) is 24.0. The molecule has 1 aliphatic rings. The molecule has 0 heterocycles. The summed E-state index contributed by atoms with van der Waals surface area (Å²) in [7, 11) is 0. The van der Waals surface area contributed by atoms with Crippen molar-refractivity contribution in [1.82, 2.24) is 0 Å². The first-order valence-corrected chi connectivity index (χ1v) is 9.42. The van der Waals surface area contributed by atoms with E-state index in [2.05, 4.69) is 29.7 Å². The van der Waals surface area contributed by atoms with Crippen LogP contribution >= 0.6 is 0 Å². The van der Waals surface area contributed by atoms with Gasteiger partial charge in [-0.25, -0.2) is 0 Å². The van der Waals surface area contributed by atoms with Gasteiger partial charge < -0.3 is 10.6 Å². The number of nitrogens with one attached hydrogen (secondary N) is 2. The predicted octanol–water partition coefficient (Wildman–Crippen LogP) is 4.56. The highest BCUT2D eigenvalue weighted by molar-refractivity contribution is 5.95. The first-order valence-electron chi connectivity index (χ1n) is 9.42. The van der Waals surface area contributed by atoms with Crippen LogP contribution in [0, 0.1) is 5.92 Å². The van der Waals surface area contributed by atoms with Gasteiger partial charge in [0.15, 0.2) is 0 Å². The van der Waals surface area contributed by atoms with Gasteiger partial charge in [0.25, 0.3) is 0 Å². The summed E-state index contributed by atoms with van der Waals surface area (Å²) < 4.78 is 0. The molecule has 26 heavy (non-hydrogen) atoms. The van der Waals surface area contributed by atoms with Crippen LogP contribution in [0.3, 0.4) is 0 Å². The van der Waals surface area contributed by atoms with Gasteiger partial charge in [-0.15, -0.1) is 0 Å². The van der Waals surface area contributed by atoms with E-state index in [0.29, 0.717) is 6.42 Å². The summed E-state index contributed by atoms with van der Waals surface area (Å²) in [6.45, 7) is 2.19. The standard InChI is InChI=1S/C22H26N2O2/c1-2-3-4-16-5-7-17(8-6-16)15-21(25)23-19-11-13-20(14-12-19)24-22(26)18-9-10-18/h5-8,11-14,18H,2-4,9-10,15H2,1H3,(H,23,25)(H,24,26). The Morgan fingerprint density at radius 1 is 0.885 bits per heavy atom. The lowest BCUT2D eigenvalue weighted by Gasteiger charge is -2.08. The van der Waals surface area contributed by atoms with E-state index >= 15 is 0 Å². The largest absolute Gasteiger partial charge is 0.326 e. The highest BCUT2D eigenvalue weighted by Crippen LogP contribution is 2.30. The summed E-state index contributed by atoms with van der Waals surface area (Å²) in [6.07, 6.45) is 5.80. The molecule has 2 N–H and O–H groups in total. The molecule has 3 rings (SSSR count). The van der Waals surface area contributed by atoms with E-state index in [4.69, 9.17) is 0 Å². The number of amides is 2. The molecule has 0 radical (unpaired) electrons. The minimum Gasteiger partial charge on any atom is -0.326 e. The molecule has 0 aliphatic heterocycles. The number of aryl methyl sites for hydroxylation is 1. The van der Waals surface area contributed by atoms with Gasteiger partial charge >= 0.3 is 0 Å². The molecule has 2 aromatic rings. The molecular formula is C22H26N2O2. The van der Waals surface area contributed by atoms with Crippen LogP contribution in [-0.4, -0.2) is 11.8 Å². The van der Waals surface area contributed by atoms with E-state index in [1.165, 1.54) is 18.4 Å². The van der Waals surface area contributed by atoms with Gasteiger partial charge in [0.05, 0.1) is 6.42 Å². The Morgan fingerprint density at radius 2 is 1.46 bits per heavy atom. The fourth-order valence-electron chi connectivity index (χ4n) is 2.82. The molecule has 0 aromatic heterocycles. The smallest absolute Gasteiger partial charge is 0.228 e. The summed E-state index contributed by atoms with van der Waals surface area (Å²) in [5.41, 5.74) is 3.83. The number of unbranched alkanes of at least 4 members (excludes halogenated alkanes) is 1. The highest BCUT2D eigenvalue weighted by atomic mass is 16.2. The van der Waals surface area contributed by atoms with E-state index in [9.17, 15) is 9.59 Å². The molecule has 0 saturated heterocycles. The molecule has 1 fully saturated rings. The van der Waals surface area contributed by atoms with Crippen molar-refractivity contribution in [3.05, 3.63) is 59.7 Å². The van der Waals surface area contributed by atoms with Crippen molar-refractivity contribution in [3.63, 3.8) is 0 Å². The molecule has 136 valence electrons. The van der Waals surface area contributed by atoms with Crippen LogP contribution in [0.5, 0.6) is 0 Å². The Balaban J connectivity index is 1.48. The number of carbonyl (C=O) groups excluding carboxylic acids is 2. The Labute approximate surface area is 155 Å². The van der Waals surface area contributed by atoms with Crippen molar-refractivity contribution in [2.24, 2.45) is 5.92 Å². The van der Waals surface area contributed by atoms with Crippen molar-refractivity contribution in [2.45, 2.75) is 45.4 Å². The summed E-state index contributed by atoms with van der Waals surface area (Å²) in [6, 6.07) is 15.5. The van der Waals surface area contributed by atoms with Gasteiger partial charge in [-0.1, -0.05) is 37.6 Å². The van der Waals surface area contributed by atoms with Gasteiger partial charge in [-0.05, 0) is 61.1 Å². The first-order chi connectivity index (χ1) is 12.6. The molecule has 1 saturated carbocycles. The van der Waals surface area contributed by atoms with Crippen LogP contribution in [-0.2, 0) is 22.4 Å². The summed E-state index contributed by atoms with van der Waals surface area (Å²) in [5.74, 6) is 0.230. The quantitative estimate of drug-likeness (QED) is 0.733. The highest BCUT2D eigenvalue weighted by Gasteiger charge is 2.29. The topological polar surface area (TPSA) is 58.2 Å². The number of rotatable bonds is 8. The zero-order valence-corrected chi connectivity index (χ0v) is 15.3. The number of hydrogen-bond acceptors (Lipinski definition) is 2. The number of carbonyl (C=O) groups is 2. The molecule has 0 atom stereocenters. The number of benzene rings is 2. The average Bonchev–Trinajstić information content (AvgIpc) is 3.48. The third-order valence-corrected chi connectivity index (χ3v) is 4.59. The lowest BCUT2D eigenvalue weighted by molar-refractivity contribution is -0.117. The fraction of sp³-hybridized carbons (Fsp3) is 0.364. The maximum Gasteiger partial charge on any atom is 0.228 e. The van der Waals surface area contributed by atoms with Gasteiger partial charge in [0.2, 0.25) is 11.8 Å². The Morgan fingerprint density at radius 3 is 2.04 bits per heavy atom. The summed E-state index contributed by atoms with van der Waals surface area (Å²) >= 11 is 0. The maximum absolute atomic E-state index is 12.2. The van der Waals surface area contributed by atoms with E-state index < -0.39 is 0 Å². The summed E-state index contributed by atoms with van der Waals surface area (Å²) in [5, 5.41) is 5.80. The Hall–Kier alpha value is -2.62. The molecule has 0 bridgehead atoms. The Bertz CT molecular complexity index is 747.